The molecule has 1 unspecified atom stereocenters. The lowest BCUT2D eigenvalue weighted by atomic mass is 10.1. The highest BCUT2D eigenvalue weighted by Gasteiger charge is 2.24. The Balaban J connectivity index is 3.83. The van der Waals surface area contributed by atoms with Crippen LogP contribution in [0.1, 0.15) is 77.6 Å². The number of unbranched alkanes of at least 4 members (excludes halogenated alkanes) is 4. The van der Waals surface area contributed by atoms with Crippen LogP contribution in [0.3, 0.4) is 0 Å². The first-order valence-electron chi connectivity index (χ1n) is 10.8. The van der Waals surface area contributed by atoms with Gasteiger partial charge < -0.3 is 21.3 Å². The molecule has 5 N–H and O–H groups in total. The van der Waals surface area contributed by atoms with E-state index in [2.05, 4.69) is 48.7 Å². The molecule has 0 aromatic carbocycles. The van der Waals surface area contributed by atoms with E-state index in [9.17, 15) is 19.5 Å². The van der Waals surface area contributed by atoms with Gasteiger partial charge in [-0.2, -0.15) is 0 Å². The van der Waals surface area contributed by atoms with E-state index in [0.29, 0.717) is 6.42 Å². The number of nitrogens with two attached hydrogens (primary N) is 1. The van der Waals surface area contributed by atoms with Gasteiger partial charge in [0.1, 0.15) is 12.1 Å². The summed E-state index contributed by atoms with van der Waals surface area (Å²) >= 11 is 0. The van der Waals surface area contributed by atoms with Crippen molar-refractivity contribution < 1.29 is 24.6 Å². The van der Waals surface area contributed by atoms with Crippen molar-refractivity contribution in [3.63, 3.8) is 0 Å². The Kier molecular flexibility index (Phi) is 17.1. The predicted octanol–water partition coefficient (Wildman–Crippen LogP) is 3.38. The molecule has 0 rings (SSSR count). The average molecular weight is 423 g/mol. The van der Waals surface area contributed by atoms with Crippen molar-refractivity contribution >= 4 is 17.8 Å². The summed E-state index contributed by atoms with van der Waals surface area (Å²) in [6.07, 6.45) is 19.4. The van der Waals surface area contributed by atoms with Gasteiger partial charge in [0.25, 0.3) is 0 Å². The normalized spacial score (nSPS) is 13.8. The van der Waals surface area contributed by atoms with E-state index < -0.39 is 29.9 Å². The third-order valence-electron chi connectivity index (χ3n) is 4.48. The van der Waals surface area contributed by atoms with Gasteiger partial charge in [-0.3, -0.25) is 9.59 Å². The number of aliphatic carboxylic acids is 1. The van der Waals surface area contributed by atoms with Gasteiger partial charge in [-0.15, -0.1) is 0 Å². The second-order valence-corrected chi connectivity index (χ2v) is 7.21. The molecule has 30 heavy (non-hydrogen) atoms. The molecule has 7 heteroatoms. The smallest absolute Gasteiger partial charge is 0.326 e. The number of carboxylic acid groups (broad SMARTS) is 1. The van der Waals surface area contributed by atoms with Gasteiger partial charge in [-0.1, -0.05) is 62.6 Å². The molecule has 170 valence electrons. The van der Waals surface area contributed by atoms with Gasteiger partial charge in [0.2, 0.25) is 11.8 Å². The van der Waals surface area contributed by atoms with Crippen molar-refractivity contribution in [2.24, 2.45) is 5.73 Å². The van der Waals surface area contributed by atoms with E-state index in [0.717, 1.165) is 44.9 Å². The molecule has 2 amide bonds. The molecule has 0 spiro atoms. The number of carboxylic acids is 1. The lowest BCUT2D eigenvalue weighted by molar-refractivity contribution is -0.143. The Labute approximate surface area is 180 Å². The monoisotopic (exact) mass is 422 g/mol. The van der Waals surface area contributed by atoms with Crippen molar-refractivity contribution in [3.05, 3.63) is 36.5 Å². The van der Waals surface area contributed by atoms with Gasteiger partial charge in [0.05, 0.1) is 0 Å². The molecule has 0 radical (unpaired) electrons. The summed E-state index contributed by atoms with van der Waals surface area (Å²) in [5.41, 5.74) is 4.99. The molecule has 0 aliphatic heterocycles. The molecule has 0 saturated heterocycles. The van der Waals surface area contributed by atoms with E-state index in [4.69, 9.17) is 10.8 Å². The van der Waals surface area contributed by atoms with Crippen LogP contribution < -0.4 is 11.1 Å². The maximum atomic E-state index is 11.9. The first-order valence-corrected chi connectivity index (χ1v) is 10.8. The Bertz CT molecular complexity index is 584. The number of hydrogen-bond acceptors (Lipinski definition) is 4. The Morgan fingerprint density at radius 3 is 2.10 bits per heavy atom. The number of aliphatic hydroxyl groups is 1. The third kappa shape index (κ3) is 16.5. The number of rotatable bonds is 18. The lowest BCUT2D eigenvalue weighted by Crippen LogP contribution is -2.45. The highest BCUT2D eigenvalue weighted by atomic mass is 16.4. The van der Waals surface area contributed by atoms with Gasteiger partial charge in [-0.05, 0) is 44.9 Å². The lowest BCUT2D eigenvalue weighted by Gasteiger charge is -2.16. The molecule has 0 aliphatic carbocycles. The minimum Gasteiger partial charge on any atom is -0.480 e. The zero-order valence-electron chi connectivity index (χ0n) is 18.1. The molecule has 0 bridgehead atoms. The minimum atomic E-state index is -1.26. The largest absolute Gasteiger partial charge is 0.480 e. The maximum absolute atomic E-state index is 11.9. The second kappa shape index (κ2) is 18.6. The van der Waals surface area contributed by atoms with E-state index in [-0.39, 0.29) is 19.3 Å². The number of amides is 2. The topological polar surface area (TPSA) is 130 Å². The first-order chi connectivity index (χ1) is 14.4. The SMILES string of the molecule is CC/C=C/C/C=C/C/C=C/CCCCCCC(O)C(=O)N[C@@H](CCC(N)=O)C(=O)O. The predicted molar refractivity (Wildman–Crippen MR) is 119 cm³/mol. The molecule has 0 fully saturated rings. The van der Waals surface area contributed by atoms with E-state index in [1.165, 1.54) is 0 Å². The van der Waals surface area contributed by atoms with Crippen LogP contribution in [0.25, 0.3) is 0 Å². The van der Waals surface area contributed by atoms with E-state index in [1.807, 2.05) is 0 Å². The van der Waals surface area contributed by atoms with Crippen LogP contribution in [-0.4, -0.2) is 40.1 Å². The second-order valence-electron chi connectivity index (χ2n) is 7.21. The van der Waals surface area contributed by atoms with Crippen LogP contribution in [-0.2, 0) is 14.4 Å². The summed E-state index contributed by atoms with van der Waals surface area (Å²) in [6, 6.07) is -1.23. The molecule has 0 saturated carbocycles. The number of carbonyl (C=O) groups excluding carboxylic acids is 2. The number of nitrogens with one attached hydrogen (secondary N) is 1. The Morgan fingerprint density at radius 2 is 1.50 bits per heavy atom. The van der Waals surface area contributed by atoms with Crippen LogP contribution in [0, 0.1) is 0 Å². The molecule has 0 aliphatic rings. The summed E-state index contributed by atoms with van der Waals surface area (Å²) in [5, 5.41) is 21.2. The van der Waals surface area contributed by atoms with E-state index in [1.54, 1.807) is 0 Å². The fourth-order valence-electron chi connectivity index (χ4n) is 2.72. The van der Waals surface area contributed by atoms with Crippen LogP contribution in [0.5, 0.6) is 0 Å². The van der Waals surface area contributed by atoms with Crippen LogP contribution in [0.2, 0.25) is 0 Å². The number of carbonyl (C=O) groups is 3. The summed E-state index contributed by atoms with van der Waals surface area (Å²) in [4.78, 5) is 33.8. The zero-order chi connectivity index (χ0) is 22.6. The highest BCUT2D eigenvalue weighted by molar-refractivity contribution is 5.86. The molecule has 0 aromatic rings. The molecule has 0 aromatic heterocycles. The van der Waals surface area contributed by atoms with Gasteiger partial charge in [0.15, 0.2) is 0 Å². The van der Waals surface area contributed by atoms with Crippen molar-refractivity contribution in [3.8, 4) is 0 Å². The van der Waals surface area contributed by atoms with Crippen molar-refractivity contribution in [1.82, 2.24) is 5.32 Å². The Morgan fingerprint density at radius 1 is 0.900 bits per heavy atom. The van der Waals surface area contributed by atoms with Crippen LogP contribution in [0.15, 0.2) is 36.5 Å². The number of hydrogen-bond donors (Lipinski definition) is 4. The van der Waals surface area contributed by atoms with Crippen molar-refractivity contribution in [1.29, 1.82) is 0 Å². The molecular formula is C23H38N2O5. The standard InChI is InChI=1S/C23H38N2O5/c1-2-3-4-5-6-7-8-9-10-11-12-13-14-15-16-20(26)22(28)25-19(23(29)30)17-18-21(24)27/h3-4,6-7,9-10,19-20,26H,2,5,8,11-18H2,1H3,(H2,24,27)(H,25,28)(H,29,30)/b4-3+,7-6+,10-9+/t19-,20?/m0/s1. The van der Waals surface area contributed by atoms with Crippen molar-refractivity contribution in [2.45, 2.75) is 89.7 Å². The fourth-order valence-corrected chi connectivity index (χ4v) is 2.72. The average Bonchev–Trinajstić information content (AvgIpc) is 2.70. The van der Waals surface area contributed by atoms with E-state index >= 15 is 0 Å². The Hall–Kier alpha value is -2.41. The quantitative estimate of drug-likeness (QED) is 0.199. The van der Waals surface area contributed by atoms with Gasteiger partial charge >= 0.3 is 5.97 Å². The zero-order valence-corrected chi connectivity index (χ0v) is 18.1. The van der Waals surface area contributed by atoms with Gasteiger partial charge in [0, 0.05) is 6.42 Å². The molecule has 2 atom stereocenters. The number of allylic oxidation sites excluding steroid dienone is 6. The summed E-state index contributed by atoms with van der Waals surface area (Å²) < 4.78 is 0. The van der Waals surface area contributed by atoms with Crippen LogP contribution >= 0.6 is 0 Å². The third-order valence-corrected chi connectivity index (χ3v) is 4.48. The number of aliphatic hydroxyl groups excluding tert-OH is 1. The van der Waals surface area contributed by atoms with Crippen LogP contribution in [0.4, 0.5) is 0 Å². The molecular weight excluding hydrogens is 384 g/mol. The maximum Gasteiger partial charge on any atom is 0.326 e. The fraction of sp³-hybridized carbons (Fsp3) is 0.609. The van der Waals surface area contributed by atoms with Gasteiger partial charge in [-0.25, -0.2) is 4.79 Å². The summed E-state index contributed by atoms with van der Waals surface area (Å²) in [5.74, 6) is -2.62. The summed E-state index contributed by atoms with van der Waals surface area (Å²) in [6.45, 7) is 2.12. The van der Waals surface area contributed by atoms with Crippen molar-refractivity contribution in [2.75, 3.05) is 0 Å². The number of primary amides is 1. The summed E-state index contributed by atoms with van der Waals surface area (Å²) in [7, 11) is 0. The first kappa shape index (κ1) is 27.6. The molecule has 7 nitrogen and oxygen atoms in total. The molecule has 0 heterocycles. The minimum absolute atomic E-state index is 0.0949. The highest BCUT2D eigenvalue weighted by Crippen LogP contribution is 2.09.